The Morgan fingerprint density at radius 3 is 2.80 bits per heavy atom. The maximum atomic E-state index is 12.7. The Morgan fingerprint density at radius 1 is 1.28 bits per heavy atom. The third-order valence-electron chi connectivity index (χ3n) is 4.05. The maximum absolute atomic E-state index is 12.7. The van der Waals surface area contributed by atoms with E-state index in [0.29, 0.717) is 12.1 Å². The van der Waals surface area contributed by atoms with Crippen LogP contribution in [0.25, 0.3) is 0 Å². The number of amides is 2. The minimum Gasteiger partial charge on any atom is -0.354 e. The summed E-state index contributed by atoms with van der Waals surface area (Å²) in [6, 6.07) is 5.94. The molecule has 1 aromatic rings. The van der Waals surface area contributed by atoms with Gasteiger partial charge in [0.25, 0.3) is 5.91 Å². The maximum Gasteiger partial charge on any atom is 0.251 e. The first-order chi connectivity index (χ1) is 11.9. The number of hydrogen-bond donors (Lipinski definition) is 2. The molecule has 0 atom stereocenters. The van der Waals surface area contributed by atoms with E-state index in [1.807, 2.05) is 0 Å². The van der Waals surface area contributed by atoms with Crippen LogP contribution in [0.1, 0.15) is 43.0 Å². The minimum atomic E-state index is -3.79. The smallest absolute Gasteiger partial charge is 0.251 e. The number of rotatable bonds is 8. The Labute approximate surface area is 148 Å². The van der Waals surface area contributed by atoms with Crippen molar-refractivity contribution in [2.75, 3.05) is 26.2 Å². The van der Waals surface area contributed by atoms with Crippen LogP contribution in [0.2, 0.25) is 0 Å². The molecule has 25 heavy (non-hydrogen) atoms. The summed E-state index contributed by atoms with van der Waals surface area (Å²) in [6.07, 6.45) is 4.22. The lowest BCUT2D eigenvalue weighted by molar-refractivity contribution is -0.122. The van der Waals surface area contributed by atoms with Crippen molar-refractivity contribution in [3.05, 3.63) is 29.8 Å². The highest BCUT2D eigenvalue weighted by molar-refractivity contribution is 7.89. The Hall–Kier alpha value is -1.93. The molecule has 0 spiro atoms. The van der Waals surface area contributed by atoms with E-state index >= 15 is 0 Å². The second-order valence-corrected chi connectivity index (χ2v) is 7.97. The van der Waals surface area contributed by atoms with Gasteiger partial charge in [-0.3, -0.25) is 9.59 Å². The van der Waals surface area contributed by atoms with Crippen LogP contribution in [-0.2, 0) is 14.8 Å². The number of carbonyl (C=O) groups excluding carboxylic acids is 2. The van der Waals surface area contributed by atoms with Crippen molar-refractivity contribution in [1.82, 2.24) is 14.9 Å². The van der Waals surface area contributed by atoms with Gasteiger partial charge in [-0.15, -0.1) is 0 Å². The third-order valence-corrected chi connectivity index (χ3v) is 5.89. The molecule has 1 fully saturated rings. The van der Waals surface area contributed by atoms with Crippen molar-refractivity contribution in [2.24, 2.45) is 0 Å². The zero-order valence-corrected chi connectivity index (χ0v) is 15.3. The first-order valence-electron chi connectivity index (χ1n) is 8.60. The molecule has 1 heterocycles. The second-order valence-electron chi connectivity index (χ2n) is 6.03. The molecule has 2 rings (SSSR count). The van der Waals surface area contributed by atoms with E-state index in [0.717, 1.165) is 30.0 Å². The Kier molecular flexibility index (Phi) is 6.95. The van der Waals surface area contributed by atoms with Gasteiger partial charge in [0.15, 0.2) is 0 Å². The van der Waals surface area contributed by atoms with E-state index in [2.05, 4.69) is 17.6 Å². The topological polar surface area (TPSA) is 95.6 Å². The standard InChI is InChI=1S/C17H25N3O4S/c1-2-3-4-5-9-19-17(22)14-7-6-8-15(12-14)25(23,24)20-11-10-18-16(21)13-20/h6-8,12H,2-5,9-11,13H2,1H3,(H,18,21)(H,19,22). The number of carbonyl (C=O) groups is 2. The van der Waals surface area contributed by atoms with Gasteiger partial charge >= 0.3 is 0 Å². The number of piperazine rings is 1. The highest BCUT2D eigenvalue weighted by atomic mass is 32.2. The Balaban J connectivity index is 2.04. The molecular formula is C17H25N3O4S. The van der Waals surface area contributed by atoms with Gasteiger partial charge < -0.3 is 10.6 Å². The van der Waals surface area contributed by atoms with Gasteiger partial charge in [-0.2, -0.15) is 4.31 Å². The molecule has 2 N–H and O–H groups in total. The fourth-order valence-corrected chi connectivity index (χ4v) is 4.07. The van der Waals surface area contributed by atoms with E-state index in [4.69, 9.17) is 0 Å². The molecule has 1 aliphatic rings. The monoisotopic (exact) mass is 367 g/mol. The number of sulfonamides is 1. The molecule has 0 aromatic heterocycles. The molecule has 138 valence electrons. The first kappa shape index (κ1) is 19.4. The van der Waals surface area contributed by atoms with Crippen LogP contribution in [-0.4, -0.2) is 50.7 Å². The van der Waals surface area contributed by atoms with Crippen LogP contribution < -0.4 is 10.6 Å². The minimum absolute atomic E-state index is 0.0285. The summed E-state index contributed by atoms with van der Waals surface area (Å²) in [7, 11) is -3.79. The van der Waals surface area contributed by atoms with Crippen molar-refractivity contribution in [2.45, 2.75) is 37.5 Å². The van der Waals surface area contributed by atoms with Gasteiger partial charge in [0, 0.05) is 25.2 Å². The van der Waals surface area contributed by atoms with Crippen molar-refractivity contribution in [1.29, 1.82) is 0 Å². The van der Waals surface area contributed by atoms with Crippen molar-refractivity contribution < 1.29 is 18.0 Å². The molecular weight excluding hydrogens is 342 g/mol. The number of benzene rings is 1. The average Bonchev–Trinajstić information content (AvgIpc) is 2.61. The van der Waals surface area contributed by atoms with Crippen molar-refractivity contribution >= 4 is 21.8 Å². The Morgan fingerprint density at radius 2 is 2.08 bits per heavy atom. The molecule has 8 heteroatoms. The fraction of sp³-hybridized carbons (Fsp3) is 0.529. The van der Waals surface area contributed by atoms with Gasteiger partial charge in [0.05, 0.1) is 11.4 Å². The summed E-state index contributed by atoms with van der Waals surface area (Å²) >= 11 is 0. The molecule has 7 nitrogen and oxygen atoms in total. The van der Waals surface area contributed by atoms with Gasteiger partial charge in [-0.1, -0.05) is 32.3 Å². The molecule has 0 bridgehead atoms. The quantitative estimate of drug-likeness (QED) is 0.673. The van der Waals surface area contributed by atoms with Gasteiger partial charge in [0.1, 0.15) is 0 Å². The molecule has 1 aliphatic heterocycles. The van der Waals surface area contributed by atoms with Crippen molar-refractivity contribution in [3.8, 4) is 0 Å². The average molecular weight is 367 g/mol. The van der Waals surface area contributed by atoms with E-state index in [-0.39, 0.29) is 36.3 Å². The fourth-order valence-electron chi connectivity index (χ4n) is 2.62. The summed E-state index contributed by atoms with van der Waals surface area (Å²) in [5.74, 6) is -0.610. The number of nitrogens with one attached hydrogen (secondary N) is 2. The highest BCUT2D eigenvalue weighted by Crippen LogP contribution is 2.18. The SMILES string of the molecule is CCCCCCNC(=O)c1cccc(S(=O)(=O)N2CCNC(=O)C2)c1. The van der Waals surface area contributed by atoms with Crippen molar-refractivity contribution in [3.63, 3.8) is 0 Å². The molecule has 2 amide bonds. The summed E-state index contributed by atoms with van der Waals surface area (Å²) < 4.78 is 26.4. The number of unbranched alkanes of at least 4 members (excludes halogenated alkanes) is 3. The van der Waals surface area contributed by atoms with Crippen LogP contribution in [0, 0.1) is 0 Å². The van der Waals surface area contributed by atoms with Gasteiger partial charge in [-0.25, -0.2) is 8.42 Å². The number of nitrogens with zero attached hydrogens (tertiary/aromatic N) is 1. The van der Waals surface area contributed by atoms with E-state index in [9.17, 15) is 18.0 Å². The molecule has 1 saturated heterocycles. The van der Waals surface area contributed by atoms with Crippen LogP contribution in [0.5, 0.6) is 0 Å². The third kappa shape index (κ3) is 5.27. The van der Waals surface area contributed by atoms with E-state index in [1.54, 1.807) is 12.1 Å². The molecule has 0 aliphatic carbocycles. The lowest BCUT2D eigenvalue weighted by Crippen LogP contribution is -2.49. The summed E-state index contributed by atoms with van der Waals surface area (Å²) in [5.41, 5.74) is 0.304. The predicted octanol–water partition coefficient (Wildman–Crippen LogP) is 1.12. The van der Waals surface area contributed by atoms with E-state index in [1.165, 1.54) is 12.1 Å². The summed E-state index contributed by atoms with van der Waals surface area (Å²) in [6.45, 7) is 3.01. The zero-order chi connectivity index (χ0) is 18.3. The zero-order valence-electron chi connectivity index (χ0n) is 14.5. The van der Waals surface area contributed by atoms with Crippen LogP contribution in [0.4, 0.5) is 0 Å². The molecule has 1 aromatic carbocycles. The van der Waals surface area contributed by atoms with E-state index < -0.39 is 10.0 Å². The van der Waals surface area contributed by atoms with Gasteiger partial charge in [0.2, 0.25) is 15.9 Å². The van der Waals surface area contributed by atoms with Crippen LogP contribution in [0.15, 0.2) is 29.2 Å². The van der Waals surface area contributed by atoms with Crippen LogP contribution in [0.3, 0.4) is 0 Å². The molecule has 0 radical (unpaired) electrons. The van der Waals surface area contributed by atoms with Gasteiger partial charge in [-0.05, 0) is 24.6 Å². The summed E-state index contributed by atoms with van der Waals surface area (Å²) in [4.78, 5) is 23.7. The molecule has 0 unspecified atom stereocenters. The lowest BCUT2D eigenvalue weighted by atomic mass is 10.2. The lowest BCUT2D eigenvalue weighted by Gasteiger charge is -2.26. The highest BCUT2D eigenvalue weighted by Gasteiger charge is 2.29. The Bertz CT molecular complexity index is 718. The largest absolute Gasteiger partial charge is 0.354 e. The summed E-state index contributed by atoms with van der Waals surface area (Å²) in [5, 5.41) is 5.41. The van der Waals surface area contributed by atoms with Crippen LogP contribution >= 0.6 is 0 Å². The first-order valence-corrected chi connectivity index (χ1v) is 10.0. The second kappa shape index (κ2) is 8.96. The normalized spacial score (nSPS) is 15.6. The number of hydrogen-bond acceptors (Lipinski definition) is 4. The predicted molar refractivity (Wildman–Crippen MR) is 94.7 cm³/mol. The molecule has 0 saturated carbocycles.